The Morgan fingerprint density at radius 3 is 2.90 bits per heavy atom. The van der Waals surface area contributed by atoms with E-state index in [0.29, 0.717) is 16.5 Å². The largest absolute Gasteiger partial charge is 0.456 e. The van der Waals surface area contributed by atoms with Crippen LogP contribution in [0, 0.1) is 0 Å². The number of anilines is 1. The minimum Gasteiger partial charge on any atom is -0.456 e. The summed E-state index contributed by atoms with van der Waals surface area (Å²) in [5.74, 6) is 0.190. The number of hydrogen-bond acceptors (Lipinski definition) is 5. The molecule has 20 heavy (non-hydrogen) atoms. The van der Waals surface area contributed by atoms with Gasteiger partial charge in [-0.25, -0.2) is 4.79 Å². The van der Waals surface area contributed by atoms with Gasteiger partial charge in [-0.2, -0.15) is 0 Å². The summed E-state index contributed by atoms with van der Waals surface area (Å²) in [6.07, 6.45) is 2.35. The molecule has 1 aromatic heterocycles. The Hall–Kier alpha value is -1.07. The second-order valence-corrected chi connectivity index (χ2v) is 7.89. The number of piperidine rings is 1. The van der Waals surface area contributed by atoms with E-state index in [-0.39, 0.29) is 5.97 Å². The first-order valence-electron chi connectivity index (χ1n) is 7.22. The summed E-state index contributed by atoms with van der Waals surface area (Å²) >= 11 is 1.56. The molecule has 3 heterocycles. The third-order valence-electron chi connectivity index (χ3n) is 3.93. The fourth-order valence-corrected chi connectivity index (χ4v) is 4.42. The Bertz CT molecular complexity index is 545. The molecular weight excluding hydrogens is 272 g/mol. The van der Waals surface area contributed by atoms with Crippen molar-refractivity contribution < 1.29 is 9.53 Å². The number of carbonyl (C=O) groups is 1. The summed E-state index contributed by atoms with van der Waals surface area (Å²) < 4.78 is 5.54. The number of hydrogen-bond donors (Lipinski definition) is 1. The van der Waals surface area contributed by atoms with E-state index in [4.69, 9.17) is 10.5 Å². The van der Waals surface area contributed by atoms with Crippen LogP contribution in [-0.4, -0.2) is 29.6 Å². The van der Waals surface area contributed by atoms with Crippen LogP contribution in [0.5, 0.6) is 0 Å². The maximum absolute atomic E-state index is 12.5. The van der Waals surface area contributed by atoms with Crippen LogP contribution in [-0.2, 0) is 11.3 Å². The first-order chi connectivity index (χ1) is 9.35. The van der Waals surface area contributed by atoms with Gasteiger partial charge in [-0.15, -0.1) is 11.3 Å². The number of fused-ring (bicyclic) bond motifs is 4. The van der Waals surface area contributed by atoms with Crippen molar-refractivity contribution in [2.75, 3.05) is 18.8 Å². The van der Waals surface area contributed by atoms with Gasteiger partial charge >= 0.3 is 5.97 Å². The Balaban J connectivity index is 1.98. The molecule has 110 valence electrons. The van der Waals surface area contributed by atoms with Crippen molar-refractivity contribution in [3.8, 4) is 0 Å². The van der Waals surface area contributed by atoms with E-state index in [1.807, 2.05) is 20.8 Å². The Labute approximate surface area is 123 Å². The van der Waals surface area contributed by atoms with Crippen molar-refractivity contribution >= 4 is 22.3 Å². The molecule has 1 aromatic rings. The molecule has 0 spiro atoms. The van der Waals surface area contributed by atoms with E-state index >= 15 is 0 Å². The van der Waals surface area contributed by atoms with E-state index in [9.17, 15) is 4.79 Å². The van der Waals surface area contributed by atoms with Gasteiger partial charge in [0.15, 0.2) is 0 Å². The minimum absolute atomic E-state index is 0.258. The van der Waals surface area contributed by atoms with Crippen molar-refractivity contribution in [2.24, 2.45) is 0 Å². The number of rotatable bonds is 1. The van der Waals surface area contributed by atoms with Crippen LogP contribution in [0.1, 0.15) is 60.3 Å². The average Bonchev–Trinajstić information content (AvgIpc) is 2.63. The van der Waals surface area contributed by atoms with E-state index in [2.05, 4.69) is 4.90 Å². The smallest absolute Gasteiger partial charge is 0.341 e. The summed E-state index contributed by atoms with van der Waals surface area (Å²) in [5.41, 5.74) is 7.47. The molecule has 0 aromatic carbocycles. The van der Waals surface area contributed by atoms with Crippen molar-refractivity contribution in [3.63, 3.8) is 0 Å². The van der Waals surface area contributed by atoms with Crippen LogP contribution in [0.25, 0.3) is 0 Å². The molecule has 2 bridgehead atoms. The molecule has 0 aliphatic carbocycles. The van der Waals surface area contributed by atoms with Crippen molar-refractivity contribution in [1.29, 1.82) is 0 Å². The standard InChI is InChI=1S/C15H22N2O2S/c1-15(2,3)19-14(18)12-11-9-5-4-6-17(7-9)8-10(11)20-13(12)16/h9H,4-8,16H2,1-3H3. The van der Waals surface area contributed by atoms with Gasteiger partial charge in [0.1, 0.15) is 10.6 Å². The first-order valence-corrected chi connectivity index (χ1v) is 8.03. The molecule has 2 N–H and O–H groups in total. The second kappa shape index (κ2) is 4.74. The lowest BCUT2D eigenvalue weighted by Gasteiger charge is -2.37. The van der Waals surface area contributed by atoms with Crippen LogP contribution >= 0.6 is 11.3 Å². The van der Waals surface area contributed by atoms with Gasteiger partial charge in [0.2, 0.25) is 0 Å². The normalized spacial score (nSPS) is 25.1. The maximum atomic E-state index is 12.5. The fourth-order valence-electron chi connectivity index (χ4n) is 3.24. The third kappa shape index (κ3) is 2.44. The molecular formula is C15H22N2O2S. The highest BCUT2D eigenvalue weighted by molar-refractivity contribution is 7.16. The first kappa shape index (κ1) is 13.9. The lowest BCUT2D eigenvalue weighted by Crippen LogP contribution is -2.38. The van der Waals surface area contributed by atoms with E-state index < -0.39 is 5.60 Å². The van der Waals surface area contributed by atoms with Crippen molar-refractivity contribution in [2.45, 2.75) is 51.7 Å². The molecule has 1 fully saturated rings. The Morgan fingerprint density at radius 1 is 1.45 bits per heavy atom. The quantitative estimate of drug-likeness (QED) is 0.809. The molecule has 3 rings (SSSR count). The van der Waals surface area contributed by atoms with Gasteiger partial charge in [-0.3, -0.25) is 4.90 Å². The molecule has 4 nitrogen and oxygen atoms in total. The average molecular weight is 294 g/mol. The second-order valence-electron chi connectivity index (χ2n) is 6.75. The Kier molecular flexibility index (Phi) is 3.29. The molecule has 2 atom stereocenters. The predicted molar refractivity (Wildman–Crippen MR) is 81.2 cm³/mol. The number of nitrogens with two attached hydrogens (primary N) is 1. The molecule has 0 amide bonds. The van der Waals surface area contributed by atoms with Crippen LogP contribution in [0.3, 0.4) is 0 Å². The number of nitrogens with zero attached hydrogens (tertiary/aromatic N) is 1. The highest BCUT2D eigenvalue weighted by atomic mass is 32.1. The monoisotopic (exact) mass is 294 g/mol. The van der Waals surface area contributed by atoms with Gasteiger partial charge < -0.3 is 10.5 Å². The summed E-state index contributed by atoms with van der Waals surface area (Å²) in [5, 5.41) is 0.623. The molecule has 2 aliphatic rings. The lowest BCUT2D eigenvalue weighted by atomic mass is 9.85. The van der Waals surface area contributed by atoms with Crippen LogP contribution < -0.4 is 5.73 Å². The van der Waals surface area contributed by atoms with E-state index in [1.165, 1.54) is 16.9 Å². The van der Waals surface area contributed by atoms with Gasteiger partial charge in [0.25, 0.3) is 0 Å². The highest BCUT2D eigenvalue weighted by Crippen LogP contribution is 2.44. The topological polar surface area (TPSA) is 55.6 Å². The lowest BCUT2D eigenvalue weighted by molar-refractivity contribution is 0.00682. The number of carbonyl (C=O) groups excluding carboxylic acids is 1. The highest BCUT2D eigenvalue weighted by Gasteiger charge is 2.36. The van der Waals surface area contributed by atoms with Crippen molar-refractivity contribution in [3.05, 3.63) is 16.0 Å². The number of esters is 1. The third-order valence-corrected chi connectivity index (χ3v) is 4.95. The minimum atomic E-state index is -0.481. The van der Waals surface area contributed by atoms with Gasteiger partial charge in [-0.05, 0) is 51.6 Å². The molecule has 2 aliphatic heterocycles. The number of ether oxygens (including phenoxy) is 1. The summed E-state index contributed by atoms with van der Waals surface area (Å²) in [7, 11) is 0. The molecule has 1 saturated heterocycles. The van der Waals surface area contributed by atoms with Crippen LogP contribution in [0.2, 0.25) is 0 Å². The van der Waals surface area contributed by atoms with Gasteiger partial charge in [-0.1, -0.05) is 0 Å². The van der Waals surface area contributed by atoms with Gasteiger partial charge in [0, 0.05) is 18.0 Å². The van der Waals surface area contributed by atoms with E-state index in [1.54, 1.807) is 11.3 Å². The SMILES string of the molecule is CC(C)(C)OC(=O)c1c(N)sc2c1C1CCCN(C2)C1. The van der Waals surface area contributed by atoms with Crippen molar-refractivity contribution in [1.82, 2.24) is 4.90 Å². The van der Waals surface area contributed by atoms with E-state index in [0.717, 1.165) is 26.1 Å². The fraction of sp³-hybridized carbons (Fsp3) is 0.667. The van der Waals surface area contributed by atoms with Gasteiger partial charge in [0.05, 0.1) is 5.56 Å². The summed E-state index contributed by atoms with van der Waals surface area (Å²) in [6, 6.07) is 0. The summed E-state index contributed by atoms with van der Waals surface area (Å²) in [4.78, 5) is 16.2. The molecule has 0 radical (unpaired) electrons. The zero-order valence-corrected chi connectivity index (χ0v) is 13.2. The zero-order chi connectivity index (χ0) is 14.5. The predicted octanol–water partition coefficient (Wildman–Crippen LogP) is 2.98. The van der Waals surface area contributed by atoms with Crippen LogP contribution in [0.15, 0.2) is 0 Å². The number of thiophene rings is 1. The molecule has 2 unspecified atom stereocenters. The van der Waals surface area contributed by atoms with Crippen LogP contribution in [0.4, 0.5) is 5.00 Å². The maximum Gasteiger partial charge on any atom is 0.341 e. The Morgan fingerprint density at radius 2 is 2.20 bits per heavy atom. The molecule has 0 saturated carbocycles. The zero-order valence-electron chi connectivity index (χ0n) is 12.4. The molecule has 5 heteroatoms. The summed E-state index contributed by atoms with van der Waals surface area (Å²) in [6.45, 7) is 8.82. The number of nitrogen functional groups attached to an aromatic ring is 1.